The van der Waals surface area contributed by atoms with E-state index >= 15 is 0 Å². The van der Waals surface area contributed by atoms with Gasteiger partial charge >= 0.3 is 5.97 Å². The number of carbonyl (C=O) groups excluding carboxylic acids is 2. The highest BCUT2D eigenvalue weighted by Gasteiger charge is 2.20. The van der Waals surface area contributed by atoms with Crippen molar-refractivity contribution in [3.8, 4) is 6.07 Å². The highest BCUT2D eigenvalue weighted by molar-refractivity contribution is 6.02. The second kappa shape index (κ2) is 6.16. The average molecular weight is 304 g/mol. The monoisotopic (exact) mass is 304 g/mol. The van der Waals surface area contributed by atoms with E-state index in [-0.39, 0.29) is 18.5 Å². The van der Waals surface area contributed by atoms with Gasteiger partial charge in [0.05, 0.1) is 17.2 Å². The molecule has 0 saturated carbocycles. The first-order valence-electron chi connectivity index (χ1n) is 6.95. The lowest BCUT2D eigenvalue weighted by Gasteiger charge is -2.03. The van der Waals surface area contributed by atoms with Gasteiger partial charge in [-0.3, -0.25) is 4.79 Å². The zero-order valence-electron chi connectivity index (χ0n) is 12.1. The number of benzene rings is 2. The van der Waals surface area contributed by atoms with E-state index in [1.807, 2.05) is 6.07 Å². The van der Waals surface area contributed by atoms with Crippen molar-refractivity contribution in [2.45, 2.75) is 6.61 Å². The molecule has 2 aromatic rings. The molecule has 1 aliphatic rings. The van der Waals surface area contributed by atoms with Crippen molar-refractivity contribution in [2.75, 3.05) is 5.32 Å². The van der Waals surface area contributed by atoms with E-state index in [4.69, 9.17) is 10.00 Å². The van der Waals surface area contributed by atoms with E-state index in [2.05, 4.69) is 5.32 Å². The van der Waals surface area contributed by atoms with Gasteiger partial charge in [0, 0.05) is 17.3 Å². The summed E-state index contributed by atoms with van der Waals surface area (Å²) in [5, 5.41) is 11.5. The molecule has 0 bridgehead atoms. The van der Waals surface area contributed by atoms with Crippen LogP contribution in [0.4, 0.5) is 5.69 Å². The third-order valence-corrected chi connectivity index (χ3v) is 3.42. The lowest BCUT2D eigenvalue weighted by atomic mass is 10.1. The SMILES string of the molecule is N#Cc1ccc(/C=C/C(=O)Nc2ccc3c(c2)COC3=O)cc1. The molecule has 1 aliphatic heterocycles. The van der Waals surface area contributed by atoms with Crippen LogP contribution in [-0.4, -0.2) is 11.9 Å². The van der Waals surface area contributed by atoms with Crippen molar-refractivity contribution in [1.29, 1.82) is 5.26 Å². The number of fused-ring (bicyclic) bond motifs is 1. The van der Waals surface area contributed by atoms with Gasteiger partial charge in [0.1, 0.15) is 6.61 Å². The van der Waals surface area contributed by atoms with Crippen molar-refractivity contribution in [3.05, 3.63) is 70.8 Å². The molecule has 2 aromatic carbocycles. The van der Waals surface area contributed by atoms with Gasteiger partial charge in [0.25, 0.3) is 0 Å². The molecule has 5 nitrogen and oxygen atoms in total. The highest BCUT2D eigenvalue weighted by atomic mass is 16.5. The normalized spacial score (nSPS) is 12.6. The van der Waals surface area contributed by atoms with Crippen molar-refractivity contribution < 1.29 is 14.3 Å². The molecule has 0 aliphatic carbocycles. The van der Waals surface area contributed by atoms with Gasteiger partial charge in [-0.15, -0.1) is 0 Å². The molecule has 0 aromatic heterocycles. The van der Waals surface area contributed by atoms with Gasteiger partial charge in [-0.1, -0.05) is 12.1 Å². The Kier molecular flexibility index (Phi) is 3.89. The summed E-state index contributed by atoms with van der Waals surface area (Å²) in [5.74, 6) is -0.613. The number of carbonyl (C=O) groups is 2. The third-order valence-electron chi connectivity index (χ3n) is 3.42. The summed E-state index contributed by atoms with van der Waals surface area (Å²) in [6.45, 7) is 0.235. The number of nitrogens with zero attached hydrogens (tertiary/aromatic N) is 1. The van der Waals surface area contributed by atoms with Crippen LogP contribution < -0.4 is 5.32 Å². The summed E-state index contributed by atoms with van der Waals surface area (Å²) in [4.78, 5) is 23.3. The van der Waals surface area contributed by atoms with Crippen LogP contribution in [0, 0.1) is 11.3 Å². The summed E-state index contributed by atoms with van der Waals surface area (Å²) in [6.07, 6.45) is 3.08. The van der Waals surface area contributed by atoms with Crippen LogP contribution in [0.3, 0.4) is 0 Å². The number of esters is 1. The number of ether oxygens (including phenoxy) is 1. The van der Waals surface area contributed by atoms with Gasteiger partial charge in [-0.05, 0) is 42.0 Å². The summed E-state index contributed by atoms with van der Waals surface area (Å²) in [6, 6.07) is 14.0. The summed E-state index contributed by atoms with van der Waals surface area (Å²) >= 11 is 0. The van der Waals surface area contributed by atoms with Crippen molar-refractivity contribution in [2.24, 2.45) is 0 Å². The second-order valence-electron chi connectivity index (χ2n) is 5.00. The predicted molar refractivity (Wildman–Crippen MR) is 84.4 cm³/mol. The van der Waals surface area contributed by atoms with Crippen LogP contribution in [0.2, 0.25) is 0 Å². The number of nitriles is 1. The van der Waals surface area contributed by atoms with Crippen LogP contribution in [0.15, 0.2) is 48.5 Å². The van der Waals surface area contributed by atoms with E-state index in [1.54, 1.807) is 48.5 Å². The van der Waals surface area contributed by atoms with Crippen LogP contribution >= 0.6 is 0 Å². The van der Waals surface area contributed by atoms with Crippen LogP contribution in [0.1, 0.15) is 27.0 Å². The first-order valence-corrected chi connectivity index (χ1v) is 6.95. The minimum Gasteiger partial charge on any atom is -0.457 e. The Morgan fingerprint density at radius 3 is 2.74 bits per heavy atom. The Hall–Kier alpha value is -3.39. The first-order chi connectivity index (χ1) is 11.2. The highest BCUT2D eigenvalue weighted by Crippen LogP contribution is 2.23. The zero-order valence-corrected chi connectivity index (χ0v) is 12.1. The van der Waals surface area contributed by atoms with Gasteiger partial charge in [-0.2, -0.15) is 5.26 Å². The number of anilines is 1. The Labute approximate surface area is 132 Å². The third kappa shape index (κ3) is 3.27. The Balaban J connectivity index is 1.66. The molecule has 0 radical (unpaired) electrons. The van der Waals surface area contributed by atoms with Gasteiger partial charge in [-0.25, -0.2) is 4.79 Å². The second-order valence-corrected chi connectivity index (χ2v) is 5.00. The number of hydrogen-bond acceptors (Lipinski definition) is 4. The number of rotatable bonds is 3. The van der Waals surface area contributed by atoms with Gasteiger partial charge in [0.2, 0.25) is 5.91 Å². The molecule has 0 spiro atoms. The van der Waals surface area contributed by atoms with E-state index in [0.717, 1.165) is 11.1 Å². The molecule has 0 atom stereocenters. The molecule has 1 amide bonds. The minimum absolute atomic E-state index is 0.235. The van der Waals surface area contributed by atoms with Crippen LogP contribution in [-0.2, 0) is 16.1 Å². The average Bonchev–Trinajstić information content (AvgIpc) is 2.94. The standard InChI is InChI=1S/C18H12N2O3/c19-10-13-3-1-12(2-4-13)5-8-17(21)20-15-6-7-16-14(9-15)11-23-18(16)22/h1-9H,11H2,(H,20,21)/b8-5+. The summed E-state index contributed by atoms with van der Waals surface area (Å²) in [5.41, 5.74) is 3.31. The Bertz CT molecular complexity index is 846. The lowest BCUT2D eigenvalue weighted by Crippen LogP contribution is -2.08. The van der Waals surface area contributed by atoms with E-state index < -0.39 is 0 Å². The van der Waals surface area contributed by atoms with E-state index in [9.17, 15) is 9.59 Å². The Morgan fingerprint density at radius 1 is 1.22 bits per heavy atom. The predicted octanol–water partition coefficient (Wildman–Crippen LogP) is 2.88. The molecule has 5 heteroatoms. The Morgan fingerprint density at radius 2 is 2.00 bits per heavy atom. The van der Waals surface area contributed by atoms with Crippen LogP contribution in [0.5, 0.6) is 0 Å². The molecular formula is C18H12N2O3. The maximum absolute atomic E-state index is 11.9. The van der Waals surface area contributed by atoms with Crippen molar-refractivity contribution in [1.82, 2.24) is 0 Å². The van der Waals surface area contributed by atoms with E-state index in [0.29, 0.717) is 16.8 Å². The molecule has 112 valence electrons. The quantitative estimate of drug-likeness (QED) is 0.698. The number of cyclic esters (lactones) is 1. The minimum atomic E-state index is -0.335. The first kappa shape index (κ1) is 14.5. The topological polar surface area (TPSA) is 79.2 Å². The van der Waals surface area contributed by atoms with Gasteiger partial charge < -0.3 is 10.1 Å². The molecule has 0 saturated heterocycles. The van der Waals surface area contributed by atoms with Crippen LogP contribution in [0.25, 0.3) is 6.08 Å². The van der Waals surface area contributed by atoms with Gasteiger partial charge in [0.15, 0.2) is 0 Å². The fourth-order valence-corrected chi connectivity index (χ4v) is 2.24. The maximum atomic E-state index is 11.9. The summed E-state index contributed by atoms with van der Waals surface area (Å²) in [7, 11) is 0. The lowest BCUT2D eigenvalue weighted by molar-refractivity contribution is -0.111. The number of nitrogens with one attached hydrogen (secondary N) is 1. The molecular weight excluding hydrogens is 292 g/mol. The fraction of sp³-hybridized carbons (Fsp3) is 0.0556. The number of amides is 1. The largest absolute Gasteiger partial charge is 0.457 e. The molecule has 23 heavy (non-hydrogen) atoms. The van der Waals surface area contributed by atoms with Crippen molar-refractivity contribution >= 4 is 23.6 Å². The fourth-order valence-electron chi connectivity index (χ4n) is 2.24. The summed E-state index contributed by atoms with van der Waals surface area (Å²) < 4.78 is 4.92. The maximum Gasteiger partial charge on any atom is 0.338 e. The molecule has 1 N–H and O–H groups in total. The van der Waals surface area contributed by atoms with Crippen molar-refractivity contribution in [3.63, 3.8) is 0 Å². The molecule has 0 fully saturated rings. The smallest absolute Gasteiger partial charge is 0.338 e. The van der Waals surface area contributed by atoms with E-state index in [1.165, 1.54) is 6.08 Å². The molecule has 3 rings (SSSR count). The molecule has 1 heterocycles. The number of hydrogen-bond donors (Lipinski definition) is 1. The zero-order chi connectivity index (χ0) is 16.2. The molecule has 0 unspecified atom stereocenters.